The number of nitrogens with zero attached hydrogens (tertiary/aromatic N) is 7. The Balaban J connectivity index is 0.00000336. The Morgan fingerprint density at radius 1 is 0.921 bits per heavy atom. The van der Waals surface area contributed by atoms with Crippen LogP contribution in [0.3, 0.4) is 0 Å². The molecule has 0 radical (unpaired) electrons. The molecule has 0 saturated carbocycles. The zero-order valence-corrected chi connectivity index (χ0v) is 22.8. The number of anilines is 1. The second kappa shape index (κ2) is 12.1. The van der Waals surface area contributed by atoms with Crippen LogP contribution in [-0.2, 0) is 17.9 Å². The number of aryl methyl sites for hydroxylation is 1. The summed E-state index contributed by atoms with van der Waals surface area (Å²) in [7, 11) is 0. The Hall–Kier alpha value is -3.82. The molecule has 4 heterocycles. The molecular weight excluding hydrogens is 500 g/mol. The fourth-order valence-electron chi connectivity index (χ4n) is 4.72. The number of hydrogen-bond donors (Lipinski definition) is 1. The molecule has 1 aliphatic heterocycles. The predicted molar refractivity (Wildman–Crippen MR) is 151 cm³/mol. The van der Waals surface area contributed by atoms with Gasteiger partial charge in [-0.2, -0.15) is 5.10 Å². The van der Waals surface area contributed by atoms with Crippen LogP contribution < -0.4 is 10.2 Å². The van der Waals surface area contributed by atoms with Crippen molar-refractivity contribution in [2.75, 3.05) is 31.1 Å². The summed E-state index contributed by atoms with van der Waals surface area (Å²) in [6.07, 6.45) is 5.30. The van der Waals surface area contributed by atoms with E-state index in [1.165, 1.54) is 12.5 Å². The maximum Gasteiger partial charge on any atom is 0.217 e. The summed E-state index contributed by atoms with van der Waals surface area (Å²) < 4.78 is 1.94. The Kier molecular flexibility index (Phi) is 8.70. The van der Waals surface area contributed by atoms with Gasteiger partial charge in [0.2, 0.25) is 5.91 Å². The zero-order chi connectivity index (χ0) is 25.8. The summed E-state index contributed by atoms with van der Waals surface area (Å²) in [6, 6.07) is 14.0. The highest BCUT2D eigenvalue weighted by Gasteiger charge is 2.23. The van der Waals surface area contributed by atoms with E-state index in [0.717, 1.165) is 72.6 Å². The third-order valence-corrected chi connectivity index (χ3v) is 6.81. The number of piperazine rings is 1. The summed E-state index contributed by atoms with van der Waals surface area (Å²) in [5.41, 5.74) is 6.39. The van der Waals surface area contributed by atoms with E-state index in [-0.39, 0.29) is 18.3 Å². The van der Waals surface area contributed by atoms with Crippen molar-refractivity contribution in [1.82, 2.24) is 34.9 Å². The van der Waals surface area contributed by atoms with E-state index in [0.29, 0.717) is 6.54 Å². The first-order valence-electron chi connectivity index (χ1n) is 12.6. The van der Waals surface area contributed by atoms with Crippen LogP contribution in [0.25, 0.3) is 17.1 Å². The third kappa shape index (κ3) is 6.00. The van der Waals surface area contributed by atoms with Crippen LogP contribution in [0.4, 0.5) is 5.82 Å². The maximum absolute atomic E-state index is 11.2. The van der Waals surface area contributed by atoms with Gasteiger partial charge in [-0.15, -0.1) is 12.4 Å². The number of halogens is 1. The monoisotopic (exact) mass is 532 g/mol. The number of nitrogens with one attached hydrogen (secondary N) is 1. The average molecular weight is 533 g/mol. The van der Waals surface area contributed by atoms with Crippen LogP contribution in [0.1, 0.15) is 29.4 Å². The molecule has 3 aromatic heterocycles. The lowest BCUT2D eigenvalue weighted by Crippen LogP contribution is -2.46. The first kappa shape index (κ1) is 27.2. The Morgan fingerprint density at radius 3 is 2.34 bits per heavy atom. The lowest BCUT2D eigenvalue weighted by Gasteiger charge is -2.36. The van der Waals surface area contributed by atoms with Gasteiger partial charge in [-0.05, 0) is 31.5 Å². The van der Waals surface area contributed by atoms with Crippen molar-refractivity contribution in [2.45, 2.75) is 33.9 Å². The van der Waals surface area contributed by atoms with Crippen molar-refractivity contribution < 1.29 is 4.79 Å². The molecule has 1 fully saturated rings. The summed E-state index contributed by atoms with van der Waals surface area (Å²) in [5.74, 6) is 1.72. The number of aromatic nitrogens is 5. The van der Waals surface area contributed by atoms with Gasteiger partial charge in [-0.1, -0.05) is 30.3 Å². The molecule has 10 heteroatoms. The minimum Gasteiger partial charge on any atom is -0.352 e. The fraction of sp³-hybridized carbons (Fsp3) is 0.321. The molecule has 1 amide bonds. The molecule has 0 atom stereocenters. The second-order valence-electron chi connectivity index (χ2n) is 9.35. The molecule has 198 valence electrons. The normalized spacial score (nSPS) is 13.7. The molecule has 0 unspecified atom stereocenters. The standard InChI is InChI=1S/C28H32N8O.ClH/c1-20-25(21(2)36(33-20)26-6-4-5-11-29-26)19-34-14-16-35(17-15-34)28-27(30-12-13-31-28)24-9-7-23(8-10-24)18-32-22(3)37;/h4-13H,14-19H2,1-3H3,(H,32,37);1H. The van der Waals surface area contributed by atoms with Gasteiger partial charge < -0.3 is 10.2 Å². The highest BCUT2D eigenvalue weighted by molar-refractivity contribution is 5.85. The molecule has 5 rings (SSSR count). The number of amides is 1. The smallest absolute Gasteiger partial charge is 0.217 e. The Morgan fingerprint density at radius 2 is 1.66 bits per heavy atom. The molecular formula is C28H33ClN8O. The van der Waals surface area contributed by atoms with E-state index in [1.807, 2.05) is 47.1 Å². The lowest BCUT2D eigenvalue weighted by atomic mass is 10.1. The van der Waals surface area contributed by atoms with Gasteiger partial charge in [0.15, 0.2) is 11.6 Å². The van der Waals surface area contributed by atoms with Crippen LogP contribution in [0.2, 0.25) is 0 Å². The third-order valence-electron chi connectivity index (χ3n) is 6.81. The minimum absolute atomic E-state index is 0. The number of carbonyl (C=O) groups excluding carboxylic acids is 1. The maximum atomic E-state index is 11.2. The van der Waals surface area contributed by atoms with E-state index in [2.05, 4.69) is 38.9 Å². The molecule has 0 spiro atoms. The largest absolute Gasteiger partial charge is 0.352 e. The molecule has 4 aromatic rings. The number of pyridine rings is 1. The van der Waals surface area contributed by atoms with Crippen LogP contribution in [0.15, 0.2) is 61.1 Å². The molecule has 0 bridgehead atoms. The van der Waals surface area contributed by atoms with Crippen molar-refractivity contribution in [3.8, 4) is 17.1 Å². The average Bonchev–Trinajstić information content (AvgIpc) is 3.21. The van der Waals surface area contributed by atoms with Gasteiger partial charge in [0.1, 0.15) is 5.69 Å². The van der Waals surface area contributed by atoms with Gasteiger partial charge in [0.25, 0.3) is 0 Å². The SMILES string of the molecule is CC(=O)NCc1ccc(-c2nccnc2N2CCN(Cc3c(C)nn(-c4ccccn4)c3C)CC2)cc1.Cl. The van der Waals surface area contributed by atoms with Crippen LogP contribution >= 0.6 is 12.4 Å². The van der Waals surface area contributed by atoms with Gasteiger partial charge in [-0.3, -0.25) is 14.7 Å². The van der Waals surface area contributed by atoms with E-state index in [1.54, 1.807) is 18.6 Å². The van der Waals surface area contributed by atoms with Crippen LogP contribution in [0, 0.1) is 13.8 Å². The number of carbonyl (C=O) groups is 1. The van der Waals surface area contributed by atoms with Gasteiger partial charge in [-0.25, -0.2) is 14.6 Å². The number of benzene rings is 1. The summed E-state index contributed by atoms with van der Waals surface area (Å²) in [4.78, 5) is 29.8. The van der Waals surface area contributed by atoms with Crippen molar-refractivity contribution in [2.24, 2.45) is 0 Å². The van der Waals surface area contributed by atoms with E-state index in [9.17, 15) is 4.79 Å². The minimum atomic E-state index is -0.0354. The highest BCUT2D eigenvalue weighted by Crippen LogP contribution is 2.28. The van der Waals surface area contributed by atoms with Crippen molar-refractivity contribution in [3.05, 3.63) is 83.6 Å². The molecule has 1 saturated heterocycles. The number of hydrogen-bond acceptors (Lipinski definition) is 7. The summed E-state index contributed by atoms with van der Waals surface area (Å²) >= 11 is 0. The predicted octanol–water partition coefficient (Wildman–Crippen LogP) is 3.72. The topological polar surface area (TPSA) is 92.1 Å². The van der Waals surface area contributed by atoms with E-state index >= 15 is 0 Å². The summed E-state index contributed by atoms with van der Waals surface area (Å²) in [5, 5.41) is 7.59. The Labute approximate surface area is 229 Å². The first-order chi connectivity index (χ1) is 18.0. The van der Waals surface area contributed by atoms with Crippen molar-refractivity contribution in [1.29, 1.82) is 0 Å². The lowest BCUT2D eigenvalue weighted by molar-refractivity contribution is -0.119. The molecule has 1 aliphatic rings. The second-order valence-corrected chi connectivity index (χ2v) is 9.35. The Bertz CT molecular complexity index is 1370. The molecule has 38 heavy (non-hydrogen) atoms. The molecule has 0 aliphatic carbocycles. The van der Waals surface area contributed by atoms with E-state index in [4.69, 9.17) is 10.1 Å². The van der Waals surface area contributed by atoms with Crippen molar-refractivity contribution in [3.63, 3.8) is 0 Å². The highest BCUT2D eigenvalue weighted by atomic mass is 35.5. The quantitative estimate of drug-likeness (QED) is 0.388. The zero-order valence-electron chi connectivity index (χ0n) is 22.0. The summed E-state index contributed by atoms with van der Waals surface area (Å²) in [6.45, 7) is 10.7. The van der Waals surface area contributed by atoms with Crippen LogP contribution in [0.5, 0.6) is 0 Å². The van der Waals surface area contributed by atoms with Gasteiger partial charge in [0.05, 0.1) is 5.69 Å². The fourth-order valence-corrected chi connectivity index (χ4v) is 4.72. The first-order valence-corrected chi connectivity index (χ1v) is 12.6. The number of rotatable bonds is 7. The van der Waals surface area contributed by atoms with Crippen molar-refractivity contribution >= 4 is 24.1 Å². The van der Waals surface area contributed by atoms with Gasteiger partial charge >= 0.3 is 0 Å². The van der Waals surface area contributed by atoms with E-state index < -0.39 is 0 Å². The van der Waals surface area contributed by atoms with Gasteiger partial charge in [0, 0.05) is 81.6 Å². The molecule has 9 nitrogen and oxygen atoms in total. The molecule has 1 N–H and O–H groups in total. The molecule has 1 aromatic carbocycles. The van der Waals surface area contributed by atoms with Crippen LogP contribution in [-0.4, -0.2) is 61.7 Å².